The molecule has 2 aliphatic rings. The number of nitrogens with one attached hydrogen (secondary N) is 2. The van der Waals surface area contributed by atoms with Crippen molar-refractivity contribution in [1.82, 2.24) is 15.2 Å². The Hall–Kier alpha value is -3.41. The van der Waals surface area contributed by atoms with Crippen LogP contribution in [0.3, 0.4) is 0 Å². The van der Waals surface area contributed by atoms with Gasteiger partial charge in [-0.3, -0.25) is 14.4 Å². The quantitative estimate of drug-likeness (QED) is 0.429. The maximum absolute atomic E-state index is 14.2. The highest BCUT2D eigenvalue weighted by Gasteiger charge is 2.40. The normalized spacial score (nSPS) is 17.9. The lowest BCUT2D eigenvalue weighted by molar-refractivity contribution is -0.137. The number of H-pyrrole nitrogens is 1. The molecule has 1 aromatic heterocycles. The second kappa shape index (κ2) is 10.0. The van der Waals surface area contributed by atoms with Crippen molar-refractivity contribution in [2.24, 2.45) is 0 Å². The van der Waals surface area contributed by atoms with Gasteiger partial charge in [-0.05, 0) is 37.5 Å². The van der Waals surface area contributed by atoms with Gasteiger partial charge in [-0.2, -0.15) is 13.2 Å². The lowest BCUT2D eigenvalue weighted by atomic mass is 10.0. The Morgan fingerprint density at radius 3 is 2.50 bits per heavy atom. The number of alkyl halides is 3. The molecular weight excluding hydrogens is 572 g/mol. The van der Waals surface area contributed by atoms with Crippen molar-refractivity contribution < 1.29 is 27.2 Å². The van der Waals surface area contributed by atoms with E-state index >= 15 is 0 Å². The minimum Gasteiger partial charge on any atom is -0.368 e. The smallest absolute Gasteiger partial charge is 0.368 e. The minimum absolute atomic E-state index is 0.0201. The topological polar surface area (TPSA) is 85.5 Å². The molecule has 200 valence electrons. The predicted octanol–water partition coefficient (Wildman–Crippen LogP) is 4.69. The SMILES string of the molecule is O=C(N[C@@H]1CCN(c2c(C(=O)N3CCCC3)cc(Br)cc2C(F)(F)F)C1)c1cc(=O)[nH]c2c(F)cccc12. The fourth-order valence-corrected chi connectivity index (χ4v) is 5.64. The van der Waals surface area contributed by atoms with Crippen LogP contribution >= 0.6 is 15.9 Å². The molecule has 2 fully saturated rings. The van der Waals surface area contributed by atoms with Crippen LogP contribution in [0, 0.1) is 5.82 Å². The summed E-state index contributed by atoms with van der Waals surface area (Å²) in [7, 11) is 0. The number of aromatic nitrogens is 1. The molecular formula is C26H23BrF4N4O3. The van der Waals surface area contributed by atoms with Gasteiger partial charge in [-0.25, -0.2) is 4.39 Å². The van der Waals surface area contributed by atoms with Gasteiger partial charge in [0.1, 0.15) is 5.82 Å². The van der Waals surface area contributed by atoms with Crippen LogP contribution in [-0.2, 0) is 6.18 Å². The summed E-state index contributed by atoms with van der Waals surface area (Å²) in [6.45, 7) is 1.15. The number of amides is 2. The van der Waals surface area contributed by atoms with Gasteiger partial charge in [-0.15, -0.1) is 0 Å². The van der Waals surface area contributed by atoms with E-state index in [1.807, 2.05) is 0 Å². The molecule has 5 rings (SSSR count). The average Bonchev–Trinajstić information content (AvgIpc) is 3.55. The number of nitrogens with zero attached hydrogens (tertiary/aromatic N) is 2. The zero-order valence-corrected chi connectivity index (χ0v) is 21.6. The third-order valence-corrected chi connectivity index (χ3v) is 7.37. The third-order valence-electron chi connectivity index (χ3n) is 6.92. The zero-order valence-electron chi connectivity index (χ0n) is 20.0. The molecule has 0 saturated carbocycles. The molecule has 38 heavy (non-hydrogen) atoms. The Balaban J connectivity index is 1.45. The Labute approximate surface area is 222 Å². The van der Waals surface area contributed by atoms with Crippen LogP contribution in [0.1, 0.15) is 45.5 Å². The van der Waals surface area contributed by atoms with Crippen LogP contribution in [0.2, 0.25) is 0 Å². The molecule has 2 N–H and O–H groups in total. The van der Waals surface area contributed by atoms with Crippen LogP contribution in [0.15, 0.2) is 45.7 Å². The van der Waals surface area contributed by atoms with E-state index in [2.05, 4.69) is 26.2 Å². The average molecular weight is 595 g/mol. The first kappa shape index (κ1) is 26.2. The van der Waals surface area contributed by atoms with Crippen molar-refractivity contribution in [3.8, 4) is 0 Å². The second-order valence-corrected chi connectivity index (χ2v) is 10.4. The van der Waals surface area contributed by atoms with Crippen molar-refractivity contribution in [2.45, 2.75) is 31.5 Å². The van der Waals surface area contributed by atoms with Gasteiger partial charge in [0.25, 0.3) is 11.8 Å². The number of carbonyl (C=O) groups is 2. The fourth-order valence-electron chi connectivity index (χ4n) is 5.19. The van der Waals surface area contributed by atoms with Gasteiger partial charge in [0, 0.05) is 48.1 Å². The number of benzene rings is 2. The fraction of sp³-hybridized carbons (Fsp3) is 0.346. The maximum Gasteiger partial charge on any atom is 0.418 e. The van der Waals surface area contributed by atoms with Crippen LogP contribution in [0.4, 0.5) is 23.2 Å². The number of hydrogen-bond donors (Lipinski definition) is 2. The molecule has 2 saturated heterocycles. The van der Waals surface area contributed by atoms with E-state index in [1.165, 1.54) is 23.1 Å². The van der Waals surface area contributed by atoms with E-state index in [4.69, 9.17) is 0 Å². The number of pyridine rings is 1. The second-order valence-electron chi connectivity index (χ2n) is 9.46. The highest BCUT2D eigenvalue weighted by molar-refractivity contribution is 9.10. The van der Waals surface area contributed by atoms with E-state index in [1.54, 1.807) is 4.90 Å². The zero-order chi connectivity index (χ0) is 27.2. The largest absolute Gasteiger partial charge is 0.418 e. The van der Waals surface area contributed by atoms with Crippen molar-refractivity contribution >= 4 is 44.3 Å². The van der Waals surface area contributed by atoms with Crippen molar-refractivity contribution in [1.29, 1.82) is 0 Å². The van der Waals surface area contributed by atoms with Crippen LogP contribution < -0.4 is 15.8 Å². The van der Waals surface area contributed by atoms with Gasteiger partial charge < -0.3 is 20.1 Å². The molecule has 3 aromatic rings. The third kappa shape index (κ3) is 5.01. The molecule has 0 aliphatic carbocycles. The highest BCUT2D eigenvalue weighted by Crippen LogP contribution is 2.42. The van der Waals surface area contributed by atoms with Gasteiger partial charge in [0.2, 0.25) is 5.56 Å². The lowest BCUT2D eigenvalue weighted by Gasteiger charge is -2.28. The monoisotopic (exact) mass is 594 g/mol. The highest BCUT2D eigenvalue weighted by atomic mass is 79.9. The summed E-state index contributed by atoms with van der Waals surface area (Å²) < 4.78 is 56.8. The van der Waals surface area contributed by atoms with Crippen molar-refractivity contribution in [3.05, 3.63) is 73.7 Å². The summed E-state index contributed by atoms with van der Waals surface area (Å²) in [5.41, 5.74) is -1.98. The number of carbonyl (C=O) groups excluding carboxylic acids is 2. The number of anilines is 1. The summed E-state index contributed by atoms with van der Waals surface area (Å²) >= 11 is 3.13. The predicted molar refractivity (Wildman–Crippen MR) is 137 cm³/mol. The summed E-state index contributed by atoms with van der Waals surface area (Å²) in [5.74, 6) is -1.79. The first-order valence-corrected chi connectivity index (χ1v) is 12.9. The molecule has 0 unspecified atom stereocenters. The molecule has 12 heteroatoms. The molecule has 0 radical (unpaired) electrons. The molecule has 0 spiro atoms. The van der Waals surface area contributed by atoms with Gasteiger partial charge in [0.15, 0.2) is 0 Å². The molecule has 3 heterocycles. The lowest BCUT2D eigenvalue weighted by Crippen LogP contribution is -2.38. The summed E-state index contributed by atoms with van der Waals surface area (Å²) in [4.78, 5) is 43.8. The van der Waals surface area contributed by atoms with Crippen LogP contribution in [0.25, 0.3) is 10.9 Å². The Morgan fingerprint density at radius 2 is 1.79 bits per heavy atom. The van der Waals surface area contributed by atoms with E-state index in [0.717, 1.165) is 31.0 Å². The van der Waals surface area contributed by atoms with Crippen LogP contribution in [0.5, 0.6) is 0 Å². The van der Waals surface area contributed by atoms with Crippen molar-refractivity contribution in [3.63, 3.8) is 0 Å². The minimum atomic E-state index is -4.71. The Bertz CT molecular complexity index is 1480. The van der Waals surface area contributed by atoms with Crippen LogP contribution in [-0.4, -0.2) is 53.9 Å². The molecule has 0 bridgehead atoms. The van der Waals surface area contributed by atoms with E-state index in [0.29, 0.717) is 19.5 Å². The summed E-state index contributed by atoms with van der Waals surface area (Å²) in [6.07, 6.45) is -2.82. The number of hydrogen-bond acceptors (Lipinski definition) is 4. The Kier molecular flexibility index (Phi) is 6.93. The molecule has 2 amide bonds. The molecule has 7 nitrogen and oxygen atoms in total. The van der Waals surface area contributed by atoms with Gasteiger partial charge >= 0.3 is 6.18 Å². The van der Waals surface area contributed by atoms with Crippen molar-refractivity contribution in [2.75, 3.05) is 31.1 Å². The molecule has 2 aromatic carbocycles. The summed E-state index contributed by atoms with van der Waals surface area (Å²) in [5, 5.41) is 2.98. The number of aromatic amines is 1. The first-order chi connectivity index (χ1) is 18.0. The van der Waals surface area contributed by atoms with E-state index in [-0.39, 0.29) is 45.3 Å². The van der Waals surface area contributed by atoms with Gasteiger partial charge in [0.05, 0.1) is 27.9 Å². The number of halogens is 5. The number of likely N-dealkylation sites (tertiary alicyclic amines) is 1. The summed E-state index contributed by atoms with van der Waals surface area (Å²) in [6, 6.07) is 6.93. The van der Waals surface area contributed by atoms with E-state index in [9.17, 15) is 31.9 Å². The number of rotatable bonds is 4. The first-order valence-electron chi connectivity index (χ1n) is 12.1. The number of fused-ring (bicyclic) bond motifs is 1. The molecule has 2 aliphatic heterocycles. The maximum atomic E-state index is 14.2. The number of para-hydroxylation sites is 1. The van der Waals surface area contributed by atoms with Gasteiger partial charge in [-0.1, -0.05) is 28.1 Å². The Morgan fingerprint density at radius 1 is 1.05 bits per heavy atom. The standard InChI is InChI=1S/C26H23BrF4N4O3/c27-14-10-18(25(38)34-7-1-2-8-34)23(19(11-14)26(29,30)31)35-9-6-15(13-35)32-24(37)17-12-21(36)33-22-16(17)4-3-5-20(22)28/h3-5,10-12,15H,1-2,6-9,13H2,(H,32,37)(H,33,36)/t15-/m1/s1. The molecule has 1 atom stereocenters. The van der Waals surface area contributed by atoms with E-state index < -0.39 is 41.0 Å².